The Kier molecular flexibility index (Phi) is 8.26. The van der Waals surface area contributed by atoms with Crippen LogP contribution in [0.4, 0.5) is 9.18 Å². The second-order valence-corrected chi connectivity index (χ2v) is 6.99. The van der Waals surface area contributed by atoms with Gasteiger partial charge in [0.25, 0.3) is 0 Å². The standard InChI is InChI=1S/C21H25ClFN3O2/c1-3-6-19(20(27)26(2)14-16-7-4-5-8-18(16)22)25-21(28)24-13-15-9-11-17(23)12-10-15/h4-5,7-12,19H,3,6,13-14H2,1-2H3,(H2,24,25,28)/t19-/m0/s1. The molecule has 0 aliphatic rings. The Morgan fingerprint density at radius 2 is 1.82 bits per heavy atom. The summed E-state index contributed by atoms with van der Waals surface area (Å²) in [6.45, 7) is 2.55. The monoisotopic (exact) mass is 405 g/mol. The Hall–Kier alpha value is -2.60. The highest BCUT2D eigenvalue weighted by molar-refractivity contribution is 6.31. The summed E-state index contributed by atoms with van der Waals surface area (Å²) in [5.74, 6) is -0.512. The largest absolute Gasteiger partial charge is 0.340 e. The Morgan fingerprint density at radius 3 is 2.46 bits per heavy atom. The van der Waals surface area contributed by atoms with Crippen LogP contribution in [0.3, 0.4) is 0 Å². The fourth-order valence-electron chi connectivity index (χ4n) is 2.77. The van der Waals surface area contributed by atoms with Gasteiger partial charge in [0, 0.05) is 25.2 Å². The quantitative estimate of drug-likeness (QED) is 0.694. The molecule has 0 spiro atoms. The zero-order chi connectivity index (χ0) is 20.5. The highest BCUT2D eigenvalue weighted by Gasteiger charge is 2.23. The van der Waals surface area contributed by atoms with E-state index in [0.717, 1.165) is 17.5 Å². The number of carbonyl (C=O) groups excluding carboxylic acids is 2. The fraction of sp³-hybridized carbons (Fsp3) is 0.333. The van der Waals surface area contributed by atoms with Crippen LogP contribution in [0.1, 0.15) is 30.9 Å². The van der Waals surface area contributed by atoms with E-state index in [2.05, 4.69) is 10.6 Å². The van der Waals surface area contributed by atoms with E-state index in [-0.39, 0.29) is 18.3 Å². The summed E-state index contributed by atoms with van der Waals surface area (Å²) in [5.41, 5.74) is 1.61. The van der Waals surface area contributed by atoms with Crippen molar-refractivity contribution in [3.63, 3.8) is 0 Å². The third kappa shape index (κ3) is 6.53. The lowest BCUT2D eigenvalue weighted by Crippen LogP contribution is -2.50. The summed E-state index contributed by atoms with van der Waals surface area (Å²) in [6, 6.07) is 12.1. The average Bonchev–Trinajstić information content (AvgIpc) is 2.68. The number of urea groups is 1. The molecular weight excluding hydrogens is 381 g/mol. The van der Waals surface area contributed by atoms with E-state index >= 15 is 0 Å². The lowest BCUT2D eigenvalue weighted by molar-refractivity contribution is -0.132. The second kappa shape index (κ2) is 10.7. The smallest absolute Gasteiger partial charge is 0.315 e. The highest BCUT2D eigenvalue weighted by Crippen LogP contribution is 2.17. The SMILES string of the molecule is CCC[C@H](NC(=O)NCc1ccc(F)cc1)C(=O)N(C)Cc1ccccc1Cl. The number of benzene rings is 2. The molecule has 150 valence electrons. The molecule has 1 atom stereocenters. The molecule has 0 radical (unpaired) electrons. The number of nitrogens with one attached hydrogen (secondary N) is 2. The van der Waals surface area contributed by atoms with Crippen molar-refractivity contribution in [1.82, 2.24) is 15.5 Å². The number of nitrogens with zero attached hydrogens (tertiary/aromatic N) is 1. The van der Waals surface area contributed by atoms with Crippen molar-refractivity contribution in [2.75, 3.05) is 7.05 Å². The molecule has 0 saturated carbocycles. The van der Waals surface area contributed by atoms with Crippen LogP contribution in [0, 0.1) is 5.82 Å². The molecule has 0 aromatic heterocycles. The number of halogens is 2. The Bertz CT molecular complexity index is 798. The molecule has 2 N–H and O–H groups in total. The number of hydrogen-bond donors (Lipinski definition) is 2. The minimum Gasteiger partial charge on any atom is -0.340 e. The first-order valence-corrected chi connectivity index (χ1v) is 9.55. The van der Waals surface area contributed by atoms with Gasteiger partial charge in [0.05, 0.1) is 0 Å². The maximum Gasteiger partial charge on any atom is 0.315 e. The summed E-state index contributed by atoms with van der Waals surface area (Å²) < 4.78 is 12.9. The van der Waals surface area contributed by atoms with Crippen molar-refractivity contribution < 1.29 is 14.0 Å². The lowest BCUT2D eigenvalue weighted by atomic mass is 10.1. The average molecular weight is 406 g/mol. The molecular formula is C21H25ClFN3O2. The molecule has 0 saturated heterocycles. The molecule has 0 fully saturated rings. The molecule has 2 aromatic carbocycles. The van der Waals surface area contributed by atoms with Crippen molar-refractivity contribution in [3.8, 4) is 0 Å². The fourth-order valence-corrected chi connectivity index (χ4v) is 2.96. The summed E-state index contributed by atoms with van der Waals surface area (Å²) in [5, 5.41) is 6.02. The predicted molar refractivity (Wildman–Crippen MR) is 108 cm³/mol. The van der Waals surface area contributed by atoms with Gasteiger partial charge in [-0.2, -0.15) is 0 Å². The first kappa shape index (κ1) is 21.7. The van der Waals surface area contributed by atoms with Crippen molar-refractivity contribution >= 4 is 23.5 Å². The normalized spacial score (nSPS) is 11.6. The van der Waals surface area contributed by atoms with Gasteiger partial charge in [-0.25, -0.2) is 9.18 Å². The van der Waals surface area contributed by atoms with Crippen LogP contribution >= 0.6 is 11.6 Å². The minimum absolute atomic E-state index is 0.182. The number of amides is 3. The third-order valence-corrected chi connectivity index (χ3v) is 4.66. The first-order valence-electron chi connectivity index (χ1n) is 9.18. The van der Waals surface area contributed by atoms with Crippen molar-refractivity contribution in [2.24, 2.45) is 0 Å². The molecule has 7 heteroatoms. The molecule has 0 unspecified atom stereocenters. The summed E-state index contributed by atoms with van der Waals surface area (Å²) in [4.78, 5) is 26.6. The summed E-state index contributed by atoms with van der Waals surface area (Å²) in [6.07, 6.45) is 1.27. The number of carbonyl (C=O) groups is 2. The molecule has 0 bridgehead atoms. The van der Waals surface area contributed by atoms with Crippen LogP contribution in [0.2, 0.25) is 5.02 Å². The van der Waals surface area contributed by atoms with Gasteiger partial charge in [-0.05, 0) is 35.7 Å². The van der Waals surface area contributed by atoms with Gasteiger partial charge in [-0.3, -0.25) is 4.79 Å². The Morgan fingerprint density at radius 1 is 1.14 bits per heavy atom. The van der Waals surface area contributed by atoms with Crippen LogP contribution in [0.15, 0.2) is 48.5 Å². The topological polar surface area (TPSA) is 61.4 Å². The molecule has 28 heavy (non-hydrogen) atoms. The van der Waals surface area contributed by atoms with E-state index in [1.807, 2.05) is 25.1 Å². The van der Waals surface area contributed by atoms with Gasteiger partial charge in [0.2, 0.25) is 5.91 Å². The van der Waals surface area contributed by atoms with Gasteiger partial charge in [-0.15, -0.1) is 0 Å². The zero-order valence-corrected chi connectivity index (χ0v) is 16.8. The summed E-state index contributed by atoms with van der Waals surface area (Å²) >= 11 is 6.17. The van der Waals surface area contributed by atoms with Crippen molar-refractivity contribution in [2.45, 2.75) is 38.9 Å². The molecule has 2 aromatic rings. The molecule has 0 aliphatic carbocycles. The number of likely N-dealkylation sites (N-methyl/N-ethyl adjacent to an activating group) is 1. The maximum atomic E-state index is 12.9. The van der Waals surface area contributed by atoms with Crippen molar-refractivity contribution in [3.05, 3.63) is 70.5 Å². The third-order valence-electron chi connectivity index (χ3n) is 4.29. The van der Waals surface area contributed by atoms with E-state index in [1.165, 1.54) is 12.1 Å². The van der Waals surface area contributed by atoms with Crippen LogP contribution in [-0.4, -0.2) is 29.9 Å². The van der Waals surface area contributed by atoms with Gasteiger partial charge in [-0.1, -0.05) is 55.3 Å². The Balaban J connectivity index is 1.92. The molecule has 5 nitrogen and oxygen atoms in total. The van der Waals surface area contributed by atoms with E-state index < -0.39 is 12.1 Å². The zero-order valence-electron chi connectivity index (χ0n) is 16.0. The van der Waals surface area contributed by atoms with Gasteiger partial charge in [0.1, 0.15) is 11.9 Å². The van der Waals surface area contributed by atoms with E-state index in [1.54, 1.807) is 30.1 Å². The minimum atomic E-state index is -0.634. The van der Waals surface area contributed by atoms with Crippen LogP contribution in [0.25, 0.3) is 0 Å². The van der Waals surface area contributed by atoms with Gasteiger partial charge in [0.15, 0.2) is 0 Å². The molecule has 0 heterocycles. The Labute approximate surface area is 169 Å². The molecule has 3 amide bonds. The van der Waals surface area contributed by atoms with Gasteiger partial charge < -0.3 is 15.5 Å². The van der Waals surface area contributed by atoms with Crippen LogP contribution in [0.5, 0.6) is 0 Å². The number of rotatable bonds is 8. The second-order valence-electron chi connectivity index (χ2n) is 6.58. The van der Waals surface area contributed by atoms with E-state index in [9.17, 15) is 14.0 Å². The van der Waals surface area contributed by atoms with Crippen LogP contribution in [-0.2, 0) is 17.9 Å². The number of hydrogen-bond acceptors (Lipinski definition) is 2. The highest BCUT2D eigenvalue weighted by atomic mass is 35.5. The lowest BCUT2D eigenvalue weighted by Gasteiger charge is -2.25. The molecule has 2 rings (SSSR count). The summed E-state index contributed by atoms with van der Waals surface area (Å²) in [7, 11) is 1.69. The van der Waals surface area contributed by atoms with Gasteiger partial charge >= 0.3 is 6.03 Å². The van der Waals surface area contributed by atoms with Crippen LogP contribution < -0.4 is 10.6 Å². The first-order chi connectivity index (χ1) is 13.4. The van der Waals surface area contributed by atoms with E-state index in [4.69, 9.17) is 11.6 Å². The van der Waals surface area contributed by atoms with E-state index in [0.29, 0.717) is 18.0 Å². The van der Waals surface area contributed by atoms with Crippen molar-refractivity contribution in [1.29, 1.82) is 0 Å². The maximum absolute atomic E-state index is 12.9. The molecule has 0 aliphatic heterocycles. The predicted octanol–water partition coefficient (Wildman–Crippen LogP) is 4.11.